The minimum atomic E-state index is -0.493. The van der Waals surface area contributed by atoms with Crippen LogP contribution >= 0.6 is 28.1 Å². The Balaban J connectivity index is 1.85. The third kappa shape index (κ3) is 7.82. The molecular weight excluding hydrogens is 486 g/mol. The summed E-state index contributed by atoms with van der Waals surface area (Å²) in [5, 5.41) is 2.42. The molecule has 0 saturated heterocycles. The van der Waals surface area contributed by atoms with Crippen molar-refractivity contribution in [3.63, 3.8) is 0 Å². The van der Waals surface area contributed by atoms with Gasteiger partial charge in [-0.25, -0.2) is 0 Å². The number of thiocarbonyl (C=S) groups is 1. The van der Waals surface area contributed by atoms with Gasteiger partial charge < -0.3 is 14.2 Å². The number of carbonyl (C=O) groups excluding carboxylic acids is 2. The smallest absolute Gasteiger partial charge is 0.276 e. The Kier molecular flexibility index (Phi) is 9.70. The summed E-state index contributed by atoms with van der Waals surface area (Å²) in [5.41, 5.74) is 7.17. The van der Waals surface area contributed by atoms with Gasteiger partial charge in [-0.05, 0) is 61.5 Å². The molecule has 0 radical (unpaired) electrons. The number of amides is 2. The Morgan fingerprint density at radius 3 is 2.55 bits per heavy atom. The van der Waals surface area contributed by atoms with E-state index >= 15 is 0 Å². The number of aryl methyl sites for hydroxylation is 1. The minimum absolute atomic E-state index is 0.0760. The molecule has 10 heteroatoms. The normalized spacial score (nSPS) is 10.2. The van der Waals surface area contributed by atoms with Gasteiger partial charge in [-0.1, -0.05) is 28.1 Å². The fraction of sp³-hybridized carbons (Fsp3) is 0.286. The van der Waals surface area contributed by atoms with Crippen molar-refractivity contribution in [1.82, 2.24) is 16.2 Å². The molecule has 0 unspecified atom stereocenters. The third-order valence-corrected chi connectivity index (χ3v) is 4.88. The highest BCUT2D eigenvalue weighted by Gasteiger charge is 2.15. The number of hydrazine groups is 1. The number of benzene rings is 2. The molecule has 0 atom stereocenters. The van der Waals surface area contributed by atoms with Gasteiger partial charge in [-0.2, -0.15) is 0 Å². The summed E-state index contributed by atoms with van der Waals surface area (Å²) >= 11 is 8.40. The van der Waals surface area contributed by atoms with Gasteiger partial charge in [0, 0.05) is 11.6 Å². The number of halogens is 1. The molecular formula is C21H24BrN3O5S. The van der Waals surface area contributed by atoms with E-state index in [0.29, 0.717) is 22.6 Å². The molecule has 0 bridgehead atoms. The largest absolute Gasteiger partial charge is 0.490 e. The Hall–Kier alpha value is -2.69. The first-order chi connectivity index (χ1) is 14.8. The number of nitrogens with one attached hydrogen (secondary N) is 3. The average Bonchev–Trinajstić information content (AvgIpc) is 2.74. The molecule has 0 heterocycles. The highest BCUT2D eigenvalue weighted by atomic mass is 79.9. The van der Waals surface area contributed by atoms with Crippen LogP contribution < -0.4 is 25.6 Å². The van der Waals surface area contributed by atoms with E-state index in [4.69, 9.17) is 26.4 Å². The summed E-state index contributed by atoms with van der Waals surface area (Å²) in [6, 6.07) is 10.6. The number of rotatable bonds is 8. The van der Waals surface area contributed by atoms with Crippen molar-refractivity contribution in [3.8, 4) is 11.5 Å². The molecule has 31 heavy (non-hydrogen) atoms. The highest BCUT2D eigenvalue weighted by Crippen LogP contribution is 2.23. The van der Waals surface area contributed by atoms with Gasteiger partial charge in [0.15, 0.2) is 11.7 Å². The molecule has 8 nitrogen and oxygen atoms in total. The molecule has 2 amide bonds. The molecule has 0 aliphatic rings. The molecule has 0 saturated carbocycles. The summed E-state index contributed by atoms with van der Waals surface area (Å²) in [4.78, 5) is 24.6. The minimum Gasteiger partial charge on any atom is -0.490 e. The first kappa shape index (κ1) is 24.6. The predicted octanol–water partition coefficient (Wildman–Crippen LogP) is 2.81. The SMILES string of the molecule is COCCOc1ccc(Br)cc1C(=O)NC(=S)NNC(=O)COc1cccc(C)c1C. The van der Waals surface area contributed by atoms with Gasteiger partial charge in [0.2, 0.25) is 0 Å². The van der Waals surface area contributed by atoms with Crippen molar-refractivity contribution in [2.45, 2.75) is 13.8 Å². The first-order valence-corrected chi connectivity index (χ1v) is 10.5. The lowest BCUT2D eigenvalue weighted by atomic mass is 10.1. The number of hydrogen-bond acceptors (Lipinski definition) is 6. The second-order valence-electron chi connectivity index (χ2n) is 6.42. The predicted molar refractivity (Wildman–Crippen MR) is 124 cm³/mol. The number of hydrogen-bond donors (Lipinski definition) is 3. The van der Waals surface area contributed by atoms with E-state index in [0.717, 1.165) is 11.1 Å². The lowest BCUT2D eigenvalue weighted by molar-refractivity contribution is -0.123. The summed E-state index contributed by atoms with van der Waals surface area (Å²) in [6.07, 6.45) is 0. The summed E-state index contributed by atoms with van der Waals surface area (Å²) in [5.74, 6) is 0.0591. The fourth-order valence-corrected chi connectivity index (χ4v) is 2.93. The van der Waals surface area contributed by atoms with Crippen molar-refractivity contribution in [3.05, 3.63) is 57.6 Å². The van der Waals surface area contributed by atoms with Crippen LogP contribution in [0, 0.1) is 13.8 Å². The highest BCUT2D eigenvalue weighted by molar-refractivity contribution is 9.10. The van der Waals surface area contributed by atoms with Gasteiger partial charge in [0.25, 0.3) is 11.8 Å². The zero-order chi connectivity index (χ0) is 22.8. The first-order valence-electron chi connectivity index (χ1n) is 9.32. The van der Waals surface area contributed by atoms with E-state index in [9.17, 15) is 9.59 Å². The Bertz CT molecular complexity index is 955. The monoisotopic (exact) mass is 509 g/mol. The maximum absolute atomic E-state index is 12.6. The zero-order valence-corrected chi connectivity index (χ0v) is 19.8. The molecule has 3 N–H and O–H groups in total. The Labute approximate surface area is 194 Å². The maximum Gasteiger partial charge on any atom is 0.276 e. The number of methoxy groups -OCH3 is 1. The van der Waals surface area contributed by atoms with E-state index in [1.54, 1.807) is 31.4 Å². The van der Waals surface area contributed by atoms with Crippen LogP contribution in [0.15, 0.2) is 40.9 Å². The van der Waals surface area contributed by atoms with E-state index < -0.39 is 11.8 Å². The molecule has 0 spiro atoms. The van der Waals surface area contributed by atoms with E-state index in [1.165, 1.54) is 0 Å². The topological polar surface area (TPSA) is 97.9 Å². The molecule has 2 aromatic rings. The lowest BCUT2D eigenvalue weighted by Crippen LogP contribution is -2.49. The summed E-state index contributed by atoms with van der Waals surface area (Å²) in [7, 11) is 1.56. The quantitative estimate of drug-likeness (QED) is 0.286. The summed E-state index contributed by atoms with van der Waals surface area (Å²) < 4.78 is 16.7. The second-order valence-corrected chi connectivity index (χ2v) is 7.75. The van der Waals surface area contributed by atoms with Gasteiger partial charge in [-0.3, -0.25) is 25.8 Å². The average molecular weight is 510 g/mol. The van der Waals surface area contributed by atoms with Crippen LogP contribution in [0.25, 0.3) is 0 Å². The van der Waals surface area contributed by atoms with E-state index in [-0.39, 0.29) is 23.9 Å². The van der Waals surface area contributed by atoms with E-state index in [1.807, 2.05) is 26.0 Å². The van der Waals surface area contributed by atoms with Crippen LogP contribution in [0.1, 0.15) is 21.5 Å². The lowest BCUT2D eigenvalue weighted by Gasteiger charge is -2.14. The number of ether oxygens (including phenoxy) is 3. The van der Waals surface area contributed by atoms with Gasteiger partial charge in [-0.15, -0.1) is 0 Å². The molecule has 0 aliphatic heterocycles. The van der Waals surface area contributed by atoms with Crippen molar-refractivity contribution in [2.24, 2.45) is 0 Å². The van der Waals surface area contributed by atoms with Crippen LogP contribution in [-0.2, 0) is 9.53 Å². The fourth-order valence-electron chi connectivity index (χ4n) is 2.43. The second kappa shape index (κ2) is 12.2. The van der Waals surface area contributed by atoms with E-state index in [2.05, 4.69) is 32.1 Å². The molecule has 2 aromatic carbocycles. The number of carbonyl (C=O) groups is 2. The molecule has 166 valence electrons. The molecule has 0 fully saturated rings. The van der Waals surface area contributed by atoms with Crippen LogP contribution in [0.4, 0.5) is 0 Å². The van der Waals surface area contributed by atoms with Crippen LogP contribution in [-0.4, -0.2) is 43.9 Å². The van der Waals surface area contributed by atoms with Crippen LogP contribution in [0.2, 0.25) is 0 Å². The standard InChI is InChI=1S/C21H24BrN3O5S/c1-13-5-4-6-17(14(13)2)30-12-19(26)24-25-21(31)23-20(27)16-11-15(22)7-8-18(16)29-10-9-28-3/h4-8,11H,9-10,12H2,1-3H3,(H,24,26)(H2,23,25,27,31). The third-order valence-electron chi connectivity index (χ3n) is 4.19. The van der Waals surface area contributed by atoms with Crippen LogP contribution in [0.5, 0.6) is 11.5 Å². The van der Waals surface area contributed by atoms with Gasteiger partial charge >= 0.3 is 0 Å². The van der Waals surface area contributed by atoms with Crippen molar-refractivity contribution >= 4 is 45.1 Å². The maximum atomic E-state index is 12.6. The Morgan fingerprint density at radius 1 is 1.03 bits per heavy atom. The summed E-state index contributed by atoms with van der Waals surface area (Å²) in [6.45, 7) is 4.34. The molecule has 2 rings (SSSR count). The van der Waals surface area contributed by atoms with Crippen molar-refractivity contribution < 1.29 is 23.8 Å². The molecule has 0 aliphatic carbocycles. The van der Waals surface area contributed by atoms with Crippen LogP contribution in [0.3, 0.4) is 0 Å². The van der Waals surface area contributed by atoms with Crippen molar-refractivity contribution in [1.29, 1.82) is 0 Å². The van der Waals surface area contributed by atoms with Crippen molar-refractivity contribution in [2.75, 3.05) is 26.9 Å². The Morgan fingerprint density at radius 2 is 1.81 bits per heavy atom. The molecule has 0 aromatic heterocycles. The van der Waals surface area contributed by atoms with Gasteiger partial charge in [0.1, 0.15) is 18.1 Å². The zero-order valence-electron chi connectivity index (χ0n) is 17.4. The van der Waals surface area contributed by atoms with Gasteiger partial charge in [0.05, 0.1) is 12.2 Å².